The van der Waals surface area contributed by atoms with Crippen LogP contribution in [0.5, 0.6) is 0 Å². The van der Waals surface area contributed by atoms with Crippen molar-refractivity contribution in [2.75, 3.05) is 10.1 Å². The molecule has 1 unspecified atom stereocenters. The van der Waals surface area contributed by atoms with Gasteiger partial charge in [0.15, 0.2) is 5.72 Å². The molecule has 0 amide bonds. The summed E-state index contributed by atoms with van der Waals surface area (Å²) in [5.74, 6) is 0. The minimum Gasteiger partial charge on any atom is -0.286 e. The van der Waals surface area contributed by atoms with Crippen molar-refractivity contribution >= 4 is 11.4 Å². The van der Waals surface area contributed by atoms with E-state index in [1.807, 2.05) is 72.7 Å². The van der Waals surface area contributed by atoms with E-state index in [1.165, 1.54) is 5.06 Å². The van der Waals surface area contributed by atoms with Crippen LogP contribution >= 0.6 is 0 Å². The molecule has 1 N–H and O–H groups in total. The predicted molar refractivity (Wildman–Crippen MR) is 87.8 cm³/mol. The summed E-state index contributed by atoms with van der Waals surface area (Å²) in [7, 11) is 0. The third-order valence-electron chi connectivity index (χ3n) is 4.04. The van der Waals surface area contributed by atoms with Crippen LogP contribution in [0.15, 0.2) is 60.7 Å². The molecule has 1 atom stereocenters. The van der Waals surface area contributed by atoms with E-state index < -0.39 is 5.72 Å². The number of hydrogen-bond donors (Lipinski definition) is 1. The molecule has 1 saturated heterocycles. The minimum absolute atomic E-state index is 0.230. The number of anilines is 2. The van der Waals surface area contributed by atoms with Crippen molar-refractivity contribution in [3.05, 3.63) is 60.7 Å². The maximum Gasteiger partial charge on any atom is 0.190 e. The van der Waals surface area contributed by atoms with Crippen LogP contribution in [0.25, 0.3) is 0 Å². The molecular weight excluding hydrogens is 276 g/mol. The van der Waals surface area contributed by atoms with Gasteiger partial charge in [-0.3, -0.25) is 5.21 Å². The molecule has 0 radical (unpaired) electrons. The second-order valence-electron chi connectivity index (χ2n) is 6.53. The molecule has 4 nitrogen and oxygen atoms in total. The van der Waals surface area contributed by atoms with E-state index in [9.17, 15) is 5.21 Å². The molecule has 0 spiro atoms. The van der Waals surface area contributed by atoms with Crippen molar-refractivity contribution < 1.29 is 10.0 Å². The van der Waals surface area contributed by atoms with Crippen LogP contribution in [0.1, 0.15) is 27.2 Å². The van der Waals surface area contributed by atoms with Gasteiger partial charge in [-0.2, -0.15) is 0 Å². The Bertz CT molecular complexity index is 630. The molecule has 1 fully saturated rings. The number of nitrogens with zero attached hydrogens (tertiary/aromatic N) is 2. The molecule has 0 aromatic heterocycles. The zero-order chi connectivity index (χ0) is 15.8. The highest BCUT2D eigenvalue weighted by molar-refractivity contribution is 5.50. The zero-order valence-corrected chi connectivity index (χ0v) is 13.2. The van der Waals surface area contributed by atoms with E-state index in [-0.39, 0.29) is 5.54 Å². The Morgan fingerprint density at radius 2 is 1.50 bits per heavy atom. The lowest BCUT2D eigenvalue weighted by Crippen LogP contribution is -2.45. The summed E-state index contributed by atoms with van der Waals surface area (Å²) in [5, 5.41) is 13.8. The second kappa shape index (κ2) is 5.30. The first kappa shape index (κ1) is 14.9. The normalized spacial score (nSPS) is 23.5. The van der Waals surface area contributed by atoms with Crippen molar-refractivity contribution in [1.82, 2.24) is 0 Å². The summed E-state index contributed by atoms with van der Waals surface area (Å²) >= 11 is 0. The van der Waals surface area contributed by atoms with Gasteiger partial charge in [0, 0.05) is 6.42 Å². The number of hydrogen-bond acceptors (Lipinski definition) is 4. The molecule has 0 aliphatic carbocycles. The van der Waals surface area contributed by atoms with Crippen LogP contribution in [-0.2, 0) is 4.84 Å². The average Bonchev–Trinajstić information content (AvgIpc) is 2.79. The van der Waals surface area contributed by atoms with Gasteiger partial charge in [-0.1, -0.05) is 36.4 Å². The van der Waals surface area contributed by atoms with Crippen molar-refractivity contribution in [3.8, 4) is 0 Å². The highest BCUT2D eigenvalue weighted by Gasteiger charge is 2.51. The molecule has 116 valence electrons. The first-order valence-corrected chi connectivity index (χ1v) is 7.51. The Morgan fingerprint density at radius 1 is 0.955 bits per heavy atom. The fourth-order valence-corrected chi connectivity index (χ4v) is 3.15. The minimum atomic E-state index is -0.819. The summed E-state index contributed by atoms with van der Waals surface area (Å²) in [6.45, 7) is 6.14. The number of para-hydroxylation sites is 2. The smallest absolute Gasteiger partial charge is 0.190 e. The van der Waals surface area contributed by atoms with Gasteiger partial charge in [-0.05, 0) is 45.0 Å². The van der Waals surface area contributed by atoms with Crippen LogP contribution in [0.4, 0.5) is 11.4 Å². The molecule has 4 heteroatoms. The van der Waals surface area contributed by atoms with Gasteiger partial charge in [0.05, 0.1) is 16.9 Å². The van der Waals surface area contributed by atoms with Crippen LogP contribution in [-0.4, -0.2) is 16.5 Å². The third kappa shape index (κ3) is 2.56. The van der Waals surface area contributed by atoms with Gasteiger partial charge < -0.3 is 0 Å². The summed E-state index contributed by atoms with van der Waals surface area (Å²) < 4.78 is 0. The van der Waals surface area contributed by atoms with Crippen molar-refractivity contribution in [3.63, 3.8) is 0 Å². The first-order chi connectivity index (χ1) is 10.4. The third-order valence-corrected chi connectivity index (χ3v) is 4.04. The molecule has 22 heavy (non-hydrogen) atoms. The summed E-state index contributed by atoms with van der Waals surface area (Å²) in [4.78, 5) is 6.18. The quantitative estimate of drug-likeness (QED) is 0.861. The molecule has 0 bridgehead atoms. The molecule has 0 saturated carbocycles. The van der Waals surface area contributed by atoms with Crippen LogP contribution in [0.3, 0.4) is 0 Å². The highest BCUT2D eigenvalue weighted by Crippen LogP contribution is 2.43. The predicted octanol–water partition coefficient (Wildman–Crippen LogP) is 4.22. The topological polar surface area (TPSA) is 35.9 Å². The largest absolute Gasteiger partial charge is 0.286 e. The van der Waals surface area contributed by atoms with Crippen molar-refractivity contribution in [2.24, 2.45) is 0 Å². The molecule has 3 rings (SSSR count). The molecule has 2 aromatic rings. The molecular formula is C18H22N2O2. The van der Waals surface area contributed by atoms with Gasteiger partial charge in [-0.25, -0.2) is 15.0 Å². The second-order valence-corrected chi connectivity index (χ2v) is 6.53. The number of rotatable bonds is 3. The van der Waals surface area contributed by atoms with Gasteiger partial charge in [-0.15, -0.1) is 0 Å². The standard InChI is InChI=1S/C18H22N2O2/c1-17(2)14-18(3,19(21)15-10-6-4-7-11-15)22-20(17)16-12-8-5-9-13-16/h4-13,21H,14H2,1-3H3. The number of benzene rings is 2. The Kier molecular flexibility index (Phi) is 3.59. The van der Waals surface area contributed by atoms with E-state index in [4.69, 9.17) is 4.84 Å². The molecule has 2 aromatic carbocycles. The first-order valence-electron chi connectivity index (χ1n) is 7.51. The molecule has 1 aliphatic rings. The Morgan fingerprint density at radius 3 is 2.09 bits per heavy atom. The van der Waals surface area contributed by atoms with E-state index in [2.05, 4.69) is 13.8 Å². The molecule has 1 heterocycles. The van der Waals surface area contributed by atoms with Gasteiger partial charge in [0.1, 0.15) is 0 Å². The van der Waals surface area contributed by atoms with Crippen LogP contribution < -0.4 is 10.1 Å². The summed E-state index contributed by atoms with van der Waals surface area (Å²) in [6, 6.07) is 19.4. The lowest BCUT2D eigenvalue weighted by Gasteiger charge is -2.34. The van der Waals surface area contributed by atoms with Crippen LogP contribution in [0.2, 0.25) is 0 Å². The van der Waals surface area contributed by atoms with E-state index in [0.29, 0.717) is 6.42 Å². The van der Waals surface area contributed by atoms with Gasteiger partial charge in [0.25, 0.3) is 0 Å². The maximum atomic E-state index is 10.7. The summed E-state index contributed by atoms with van der Waals surface area (Å²) in [6.07, 6.45) is 0.667. The molecule has 1 aliphatic heterocycles. The van der Waals surface area contributed by atoms with Crippen molar-refractivity contribution in [2.45, 2.75) is 38.5 Å². The number of hydroxylamine groups is 2. The average molecular weight is 298 g/mol. The van der Waals surface area contributed by atoms with E-state index in [0.717, 1.165) is 11.4 Å². The fraction of sp³-hybridized carbons (Fsp3) is 0.333. The van der Waals surface area contributed by atoms with E-state index in [1.54, 1.807) is 0 Å². The van der Waals surface area contributed by atoms with Gasteiger partial charge in [0.2, 0.25) is 0 Å². The van der Waals surface area contributed by atoms with Crippen LogP contribution in [0, 0.1) is 0 Å². The van der Waals surface area contributed by atoms with Crippen molar-refractivity contribution in [1.29, 1.82) is 0 Å². The Hall–Kier alpha value is -2.04. The lowest BCUT2D eigenvalue weighted by molar-refractivity contribution is -0.0571. The highest BCUT2D eigenvalue weighted by atomic mass is 16.7. The Balaban J connectivity index is 1.91. The summed E-state index contributed by atoms with van der Waals surface area (Å²) in [5.41, 5.74) is 0.653. The van der Waals surface area contributed by atoms with E-state index >= 15 is 0 Å². The lowest BCUT2D eigenvalue weighted by atomic mass is 9.94. The van der Waals surface area contributed by atoms with Gasteiger partial charge >= 0.3 is 0 Å². The Labute approximate surface area is 131 Å². The maximum absolute atomic E-state index is 10.7. The fourth-order valence-electron chi connectivity index (χ4n) is 3.15. The zero-order valence-electron chi connectivity index (χ0n) is 13.2. The SMILES string of the molecule is CC1(C)CC(C)(N(O)c2ccccc2)ON1c1ccccc1. The monoisotopic (exact) mass is 298 g/mol.